The topological polar surface area (TPSA) is 17.0 Å². The molecule has 0 bridgehead atoms. The Labute approximate surface area is 108 Å². The Kier molecular flexibility index (Phi) is 3.71. The zero-order valence-electron chi connectivity index (χ0n) is 11.5. The SMILES string of the molecule is Cc1c(CCNC(C)C)c2ccc(F)cc2n1C. The molecule has 0 aliphatic heterocycles. The van der Waals surface area contributed by atoms with Crippen molar-refractivity contribution in [1.29, 1.82) is 0 Å². The third-order valence-electron chi connectivity index (χ3n) is 3.51. The summed E-state index contributed by atoms with van der Waals surface area (Å²) in [6.45, 7) is 7.34. The van der Waals surface area contributed by atoms with Gasteiger partial charge in [-0.1, -0.05) is 13.8 Å². The molecule has 2 nitrogen and oxygen atoms in total. The predicted octanol–water partition coefficient (Wildman–Crippen LogP) is 3.17. The number of halogens is 1. The molecule has 0 unspecified atom stereocenters. The van der Waals surface area contributed by atoms with Crippen molar-refractivity contribution < 1.29 is 4.39 Å². The zero-order valence-corrected chi connectivity index (χ0v) is 11.5. The maximum atomic E-state index is 13.3. The largest absolute Gasteiger partial charge is 0.348 e. The van der Waals surface area contributed by atoms with Gasteiger partial charge in [0.1, 0.15) is 5.82 Å². The van der Waals surface area contributed by atoms with Gasteiger partial charge >= 0.3 is 0 Å². The fraction of sp³-hybridized carbons (Fsp3) is 0.467. The third-order valence-corrected chi connectivity index (χ3v) is 3.51. The number of rotatable bonds is 4. The lowest BCUT2D eigenvalue weighted by Gasteiger charge is -2.08. The summed E-state index contributed by atoms with van der Waals surface area (Å²) in [4.78, 5) is 0. The second-order valence-electron chi connectivity index (χ2n) is 5.14. The number of fused-ring (bicyclic) bond motifs is 1. The molecule has 2 aromatic rings. The molecule has 1 aromatic carbocycles. The lowest BCUT2D eigenvalue weighted by atomic mass is 10.1. The molecule has 0 atom stereocenters. The van der Waals surface area contributed by atoms with Crippen molar-refractivity contribution in [3.8, 4) is 0 Å². The van der Waals surface area contributed by atoms with Crippen LogP contribution >= 0.6 is 0 Å². The Morgan fingerprint density at radius 1 is 1.33 bits per heavy atom. The van der Waals surface area contributed by atoms with Gasteiger partial charge in [-0.3, -0.25) is 0 Å². The maximum absolute atomic E-state index is 13.3. The predicted molar refractivity (Wildman–Crippen MR) is 74.5 cm³/mol. The van der Waals surface area contributed by atoms with Crippen molar-refractivity contribution in [1.82, 2.24) is 9.88 Å². The van der Waals surface area contributed by atoms with Crippen molar-refractivity contribution in [2.75, 3.05) is 6.54 Å². The van der Waals surface area contributed by atoms with Gasteiger partial charge < -0.3 is 9.88 Å². The second-order valence-corrected chi connectivity index (χ2v) is 5.14. The number of hydrogen-bond acceptors (Lipinski definition) is 1. The minimum absolute atomic E-state index is 0.171. The summed E-state index contributed by atoms with van der Waals surface area (Å²) in [6.07, 6.45) is 0.979. The quantitative estimate of drug-likeness (QED) is 0.879. The minimum Gasteiger partial charge on any atom is -0.348 e. The molecule has 0 fully saturated rings. The van der Waals surface area contributed by atoms with E-state index in [4.69, 9.17) is 0 Å². The Morgan fingerprint density at radius 2 is 2.06 bits per heavy atom. The van der Waals surface area contributed by atoms with Crippen LogP contribution in [0.25, 0.3) is 10.9 Å². The molecular formula is C15H21FN2. The highest BCUT2D eigenvalue weighted by atomic mass is 19.1. The number of aromatic nitrogens is 1. The molecule has 1 N–H and O–H groups in total. The van der Waals surface area contributed by atoms with Gasteiger partial charge in [-0.05, 0) is 43.7 Å². The van der Waals surface area contributed by atoms with Crippen LogP contribution in [-0.2, 0) is 13.5 Å². The van der Waals surface area contributed by atoms with Crippen molar-refractivity contribution in [3.63, 3.8) is 0 Å². The van der Waals surface area contributed by atoms with Crippen LogP contribution in [-0.4, -0.2) is 17.2 Å². The van der Waals surface area contributed by atoms with E-state index in [1.165, 1.54) is 16.6 Å². The summed E-state index contributed by atoms with van der Waals surface area (Å²) < 4.78 is 15.4. The van der Waals surface area contributed by atoms with Gasteiger partial charge in [-0.15, -0.1) is 0 Å². The van der Waals surface area contributed by atoms with Crippen LogP contribution in [0.4, 0.5) is 4.39 Å². The summed E-state index contributed by atoms with van der Waals surface area (Å²) in [7, 11) is 2.00. The first-order valence-electron chi connectivity index (χ1n) is 6.47. The van der Waals surface area contributed by atoms with Crippen molar-refractivity contribution in [2.45, 2.75) is 33.2 Å². The fourth-order valence-electron chi connectivity index (χ4n) is 2.42. The zero-order chi connectivity index (χ0) is 13.3. The smallest absolute Gasteiger partial charge is 0.125 e. The Hall–Kier alpha value is -1.35. The number of aryl methyl sites for hydroxylation is 1. The summed E-state index contributed by atoms with van der Waals surface area (Å²) in [5.41, 5.74) is 3.52. The molecule has 18 heavy (non-hydrogen) atoms. The molecule has 3 heteroatoms. The van der Waals surface area contributed by atoms with E-state index in [0.29, 0.717) is 6.04 Å². The first-order chi connectivity index (χ1) is 8.50. The molecule has 0 spiro atoms. The van der Waals surface area contributed by atoms with Gasteiger partial charge in [0.15, 0.2) is 0 Å². The van der Waals surface area contributed by atoms with Crippen LogP contribution in [0.3, 0.4) is 0 Å². The van der Waals surface area contributed by atoms with Crippen LogP contribution < -0.4 is 5.32 Å². The Bertz CT molecular complexity index is 555. The van der Waals surface area contributed by atoms with E-state index >= 15 is 0 Å². The first kappa shape index (κ1) is 13.1. The van der Waals surface area contributed by atoms with Crippen LogP contribution in [0, 0.1) is 12.7 Å². The molecule has 2 rings (SSSR count). The van der Waals surface area contributed by atoms with E-state index in [-0.39, 0.29) is 5.82 Å². The van der Waals surface area contributed by atoms with Gasteiger partial charge in [0.05, 0.1) is 5.52 Å². The van der Waals surface area contributed by atoms with E-state index in [1.54, 1.807) is 12.1 Å². The lowest BCUT2D eigenvalue weighted by Crippen LogP contribution is -2.25. The summed E-state index contributed by atoms with van der Waals surface area (Å²) >= 11 is 0. The van der Waals surface area contributed by atoms with E-state index < -0.39 is 0 Å². The van der Waals surface area contributed by atoms with Gasteiger partial charge in [-0.25, -0.2) is 4.39 Å². The van der Waals surface area contributed by atoms with Crippen molar-refractivity contribution >= 4 is 10.9 Å². The van der Waals surface area contributed by atoms with Gasteiger partial charge in [0, 0.05) is 24.2 Å². The number of benzene rings is 1. The number of hydrogen-bond donors (Lipinski definition) is 1. The monoisotopic (exact) mass is 248 g/mol. The number of nitrogens with zero attached hydrogens (tertiary/aromatic N) is 1. The minimum atomic E-state index is -0.171. The lowest BCUT2D eigenvalue weighted by molar-refractivity contribution is 0.590. The summed E-state index contributed by atoms with van der Waals surface area (Å²) in [6, 6.07) is 5.54. The molecule has 0 aliphatic carbocycles. The van der Waals surface area contributed by atoms with E-state index in [1.807, 2.05) is 13.1 Å². The highest BCUT2D eigenvalue weighted by Gasteiger charge is 2.12. The normalized spacial score (nSPS) is 11.7. The Morgan fingerprint density at radius 3 is 2.72 bits per heavy atom. The van der Waals surface area contributed by atoms with Crippen LogP contribution in [0.2, 0.25) is 0 Å². The summed E-state index contributed by atoms with van der Waals surface area (Å²) in [5.74, 6) is -0.171. The Balaban J connectivity index is 2.35. The third kappa shape index (κ3) is 2.41. The van der Waals surface area contributed by atoms with Gasteiger partial charge in [-0.2, -0.15) is 0 Å². The first-order valence-corrected chi connectivity index (χ1v) is 6.47. The molecule has 0 aliphatic rings. The number of nitrogens with one attached hydrogen (secondary N) is 1. The molecular weight excluding hydrogens is 227 g/mol. The van der Waals surface area contributed by atoms with Crippen LogP contribution in [0.5, 0.6) is 0 Å². The average Bonchev–Trinajstić information content (AvgIpc) is 2.54. The van der Waals surface area contributed by atoms with Crippen LogP contribution in [0.1, 0.15) is 25.1 Å². The van der Waals surface area contributed by atoms with E-state index in [9.17, 15) is 4.39 Å². The molecule has 0 radical (unpaired) electrons. The fourth-order valence-corrected chi connectivity index (χ4v) is 2.42. The van der Waals surface area contributed by atoms with Crippen molar-refractivity contribution in [2.24, 2.45) is 7.05 Å². The average molecular weight is 248 g/mol. The maximum Gasteiger partial charge on any atom is 0.125 e. The summed E-state index contributed by atoms with van der Waals surface area (Å²) in [5, 5.41) is 4.59. The highest BCUT2D eigenvalue weighted by Crippen LogP contribution is 2.25. The standard InChI is InChI=1S/C15H21FN2/c1-10(2)17-8-7-13-11(3)18(4)15-9-12(16)5-6-14(13)15/h5-6,9-10,17H,7-8H2,1-4H3. The van der Waals surface area contributed by atoms with Crippen molar-refractivity contribution in [3.05, 3.63) is 35.3 Å². The highest BCUT2D eigenvalue weighted by molar-refractivity contribution is 5.85. The van der Waals surface area contributed by atoms with E-state index in [2.05, 4.69) is 30.7 Å². The molecule has 0 saturated carbocycles. The van der Waals surface area contributed by atoms with Crippen LogP contribution in [0.15, 0.2) is 18.2 Å². The van der Waals surface area contributed by atoms with Gasteiger partial charge in [0.2, 0.25) is 0 Å². The second kappa shape index (κ2) is 5.11. The van der Waals surface area contributed by atoms with Gasteiger partial charge in [0.25, 0.3) is 0 Å². The molecule has 1 aromatic heterocycles. The molecule has 98 valence electrons. The molecule has 0 amide bonds. The molecule has 1 heterocycles. The van der Waals surface area contributed by atoms with E-state index in [0.717, 1.165) is 18.5 Å². The molecule has 0 saturated heterocycles.